The predicted molar refractivity (Wildman–Crippen MR) is 75.1 cm³/mol. The summed E-state index contributed by atoms with van der Waals surface area (Å²) in [6, 6.07) is 9.05. The van der Waals surface area contributed by atoms with Gasteiger partial charge in [0, 0.05) is 10.7 Å². The van der Waals surface area contributed by atoms with Gasteiger partial charge in [-0.25, -0.2) is 4.98 Å². The quantitative estimate of drug-likeness (QED) is 0.389. The SMILES string of the molecule is Cc1cc(/C(N)=N/O)nc(OCc2cccc(Cl)c2)n1. The van der Waals surface area contributed by atoms with Crippen LogP contribution in [0, 0.1) is 6.92 Å². The molecule has 0 saturated heterocycles. The minimum absolute atomic E-state index is 0.0943. The monoisotopic (exact) mass is 292 g/mol. The smallest absolute Gasteiger partial charge is 0.317 e. The first-order chi connectivity index (χ1) is 9.58. The number of aryl methyl sites for hydroxylation is 1. The van der Waals surface area contributed by atoms with E-state index in [4.69, 9.17) is 27.3 Å². The summed E-state index contributed by atoms with van der Waals surface area (Å²) >= 11 is 5.89. The number of aromatic nitrogens is 2. The fourth-order valence-corrected chi connectivity index (χ4v) is 1.78. The molecule has 0 aliphatic heterocycles. The van der Waals surface area contributed by atoms with Crippen molar-refractivity contribution in [1.29, 1.82) is 0 Å². The summed E-state index contributed by atoms with van der Waals surface area (Å²) in [5.74, 6) is -0.0943. The van der Waals surface area contributed by atoms with Gasteiger partial charge in [-0.05, 0) is 30.7 Å². The molecule has 2 rings (SSSR count). The van der Waals surface area contributed by atoms with Crippen LogP contribution in [0.4, 0.5) is 0 Å². The van der Waals surface area contributed by atoms with Crippen LogP contribution >= 0.6 is 11.6 Å². The first kappa shape index (κ1) is 14.1. The molecule has 0 fully saturated rings. The number of amidine groups is 1. The molecule has 2 aromatic rings. The highest BCUT2D eigenvalue weighted by atomic mass is 35.5. The lowest BCUT2D eigenvalue weighted by atomic mass is 10.2. The second kappa shape index (κ2) is 6.21. The second-order valence-electron chi connectivity index (χ2n) is 4.08. The average molecular weight is 293 g/mol. The summed E-state index contributed by atoms with van der Waals surface area (Å²) in [4.78, 5) is 8.19. The molecule has 0 aliphatic rings. The number of nitrogens with two attached hydrogens (primary N) is 1. The average Bonchev–Trinajstić information content (AvgIpc) is 2.44. The zero-order chi connectivity index (χ0) is 14.5. The van der Waals surface area contributed by atoms with E-state index in [2.05, 4.69) is 15.1 Å². The van der Waals surface area contributed by atoms with Gasteiger partial charge in [-0.1, -0.05) is 28.9 Å². The van der Waals surface area contributed by atoms with Crippen molar-refractivity contribution in [2.45, 2.75) is 13.5 Å². The van der Waals surface area contributed by atoms with Crippen molar-refractivity contribution in [2.24, 2.45) is 10.9 Å². The van der Waals surface area contributed by atoms with Crippen LogP contribution < -0.4 is 10.5 Å². The van der Waals surface area contributed by atoms with E-state index in [1.165, 1.54) is 0 Å². The van der Waals surface area contributed by atoms with E-state index >= 15 is 0 Å². The van der Waals surface area contributed by atoms with Gasteiger partial charge in [-0.3, -0.25) is 0 Å². The molecule has 0 spiro atoms. The first-order valence-corrected chi connectivity index (χ1v) is 6.17. The number of oxime groups is 1. The third kappa shape index (κ3) is 3.58. The summed E-state index contributed by atoms with van der Waals surface area (Å²) in [6.07, 6.45) is 0. The standard InChI is InChI=1S/C13H13ClN4O2/c1-8-5-11(12(15)18-19)17-13(16-8)20-7-9-3-2-4-10(14)6-9/h2-6,19H,7H2,1H3,(H2,15,18). The molecular formula is C13H13ClN4O2. The molecule has 104 valence electrons. The number of hydrogen-bond donors (Lipinski definition) is 2. The summed E-state index contributed by atoms with van der Waals surface area (Å²) in [5, 5.41) is 12.2. The lowest BCUT2D eigenvalue weighted by Gasteiger charge is -2.07. The number of benzene rings is 1. The van der Waals surface area contributed by atoms with E-state index in [1.54, 1.807) is 25.1 Å². The molecule has 0 unspecified atom stereocenters. The van der Waals surface area contributed by atoms with E-state index in [-0.39, 0.29) is 18.5 Å². The minimum Gasteiger partial charge on any atom is -0.459 e. The maximum Gasteiger partial charge on any atom is 0.317 e. The van der Waals surface area contributed by atoms with E-state index in [0.29, 0.717) is 16.4 Å². The Labute approximate surface area is 120 Å². The van der Waals surface area contributed by atoms with Crippen molar-refractivity contribution in [3.8, 4) is 6.01 Å². The fraction of sp³-hybridized carbons (Fsp3) is 0.154. The predicted octanol–water partition coefficient (Wildman–Crippen LogP) is 2.11. The van der Waals surface area contributed by atoms with Crippen molar-refractivity contribution in [3.63, 3.8) is 0 Å². The maximum absolute atomic E-state index is 8.66. The van der Waals surface area contributed by atoms with Crippen molar-refractivity contribution in [2.75, 3.05) is 0 Å². The van der Waals surface area contributed by atoms with Crippen molar-refractivity contribution in [3.05, 3.63) is 52.3 Å². The molecular weight excluding hydrogens is 280 g/mol. The van der Waals surface area contributed by atoms with Gasteiger partial charge in [0.1, 0.15) is 12.3 Å². The van der Waals surface area contributed by atoms with Crippen molar-refractivity contribution < 1.29 is 9.94 Å². The van der Waals surface area contributed by atoms with Crippen LogP contribution in [0.25, 0.3) is 0 Å². The van der Waals surface area contributed by atoms with Gasteiger partial charge < -0.3 is 15.7 Å². The maximum atomic E-state index is 8.66. The van der Waals surface area contributed by atoms with Crippen LogP contribution in [0.2, 0.25) is 5.02 Å². The molecule has 0 atom stereocenters. The molecule has 1 aromatic heterocycles. The molecule has 3 N–H and O–H groups in total. The van der Waals surface area contributed by atoms with Gasteiger partial charge >= 0.3 is 6.01 Å². The fourth-order valence-electron chi connectivity index (χ4n) is 1.56. The van der Waals surface area contributed by atoms with E-state index < -0.39 is 0 Å². The van der Waals surface area contributed by atoms with E-state index in [9.17, 15) is 0 Å². The Morgan fingerprint density at radius 2 is 2.20 bits per heavy atom. The number of ether oxygens (including phenoxy) is 1. The Bertz CT molecular complexity index is 646. The van der Waals surface area contributed by atoms with Crippen LogP contribution in [-0.2, 0) is 6.61 Å². The summed E-state index contributed by atoms with van der Waals surface area (Å²) < 4.78 is 5.49. The topological polar surface area (TPSA) is 93.6 Å². The highest BCUT2D eigenvalue weighted by molar-refractivity contribution is 6.30. The van der Waals surface area contributed by atoms with Crippen molar-refractivity contribution >= 4 is 17.4 Å². The third-order valence-electron chi connectivity index (χ3n) is 2.46. The Balaban J connectivity index is 2.15. The first-order valence-electron chi connectivity index (χ1n) is 5.79. The number of hydrogen-bond acceptors (Lipinski definition) is 5. The molecule has 7 heteroatoms. The molecule has 0 amide bonds. The summed E-state index contributed by atoms with van der Waals surface area (Å²) in [7, 11) is 0. The van der Waals surface area contributed by atoms with Crippen molar-refractivity contribution in [1.82, 2.24) is 9.97 Å². The molecule has 1 aromatic carbocycles. The molecule has 20 heavy (non-hydrogen) atoms. The molecule has 6 nitrogen and oxygen atoms in total. The zero-order valence-electron chi connectivity index (χ0n) is 10.7. The zero-order valence-corrected chi connectivity index (χ0v) is 11.5. The van der Waals surface area contributed by atoms with Gasteiger partial charge in [0.25, 0.3) is 0 Å². The normalized spacial score (nSPS) is 11.4. The number of rotatable bonds is 4. The second-order valence-corrected chi connectivity index (χ2v) is 4.52. The molecule has 0 bridgehead atoms. The van der Waals surface area contributed by atoms with Gasteiger partial charge in [-0.15, -0.1) is 0 Å². The Kier molecular flexibility index (Phi) is 4.37. The number of nitrogens with zero attached hydrogens (tertiary/aromatic N) is 3. The van der Waals surface area contributed by atoms with Crippen LogP contribution in [0.15, 0.2) is 35.5 Å². The van der Waals surface area contributed by atoms with Gasteiger partial charge in [0.15, 0.2) is 5.84 Å². The largest absolute Gasteiger partial charge is 0.459 e. The third-order valence-corrected chi connectivity index (χ3v) is 2.70. The summed E-state index contributed by atoms with van der Waals surface area (Å²) in [5.41, 5.74) is 7.35. The van der Waals surface area contributed by atoms with E-state index in [0.717, 1.165) is 5.56 Å². The minimum atomic E-state index is -0.0943. The Morgan fingerprint density at radius 3 is 2.90 bits per heavy atom. The van der Waals surface area contributed by atoms with E-state index in [1.807, 2.05) is 12.1 Å². The molecule has 0 saturated carbocycles. The lowest BCUT2D eigenvalue weighted by molar-refractivity contribution is 0.279. The lowest BCUT2D eigenvalue weighted by Crippen LogP contribution is -2.16. The highest BCUT2D eigenvalue weighted by Crippen LogP contribution is 2.13. The van der Waals surface area contributed by atoms with Crippen LogP contribution in [0.3, 0.4) is 0 Å². The Hall–Kier alpha value is -2.34. The van der Waals surface area contributed by atoms with Gasteiger partial charge in [0.05, 0.1) is 0 Å². The Morgan fingerprint density at radius 1 is 1.40 bits per heavy atom. The van der Waals surface area contributed by atoms with Crippen LogP contribution in [-0.4, -0.2) is 21.0 Å². The molecule has 0 radical (unpaired) electrons. The van der Waals surface area contributed by atoms with Crippen LogP contribution in [0.1, 0.15) is 17.0 Å². The highest BCUT2D eigenvalue weighted by Gasteiger charge is 2.07. The molecule has 1 heterocycles. The van der Waals surface area contributed by atoms with Gasteiger partial charge in [-0.2, -0.15) is 4.98 Å². The molecule has 0 aliphatic carbocycles. The summed E-state index contributed by atoms with van der Waals surface area (Å²) in [6.45, 7) is 2.04. The number of halogens is 1. The van der Waals surface area contributed by atoms with Gasteiger partial charge in [0.2, 0.25) is 0 Å². The van der Waals surface area contributed by atoms with Crippen LogP contribution in [0.5, 0.6) is 6.01 Å².